The number of carbonyl (C=O) groups excluding carboxylic acids is 1. The Morgan fingerprint density at radius 3 is 1.58 bits per heavy atom. The summed E-state index contributed by atoms with van der Waals surface area (Å²) in [6, 6.07) is 7.76. The van der Waals surface area contributed by atoms with Crippen molar-refractivity contribution in [2.45, 2.75) is 11.8 Å². The van der Waals surface area contributed by atoms with Gasteiger partial charge in [-0.05, 0) is 47.5 Å². The summed E-state index contributed by atoms with van der Waals surface area (Å²) in [5, 5.41) is 1.11. The lowest BCUT2D eigenvalue weighted by Gasteiger charge is -2.22. The Morgan fingerprint density at radius 2 is 1.25 bits per heavy atom. The van der Waals surface area contributed by atoms with Crippen molar-refractivity contribution in [2.75, 3.05) is 10.7 Å². The van der Waals surface area contributed by atoms with E-state index < -0.39 is 23.5 Å². The summed E-state index contributed by atoms with van der Waals surface area (Å²) in [4.78, 5) is 13.0. The van der Waals surface area contributed by atoms with Gasteiger partial charge in [-0.3, -0.25) is 4.79 Å². The zero-order chi connectivity index (χ0) is 17.9. The minimum absolute atomic E-state index is 0.233. The molecule has 2 unspecified atom stereocenters. The minimum atomic E-state index is -0.685. The van der Waals surface area contributed by atoms with Gasteiger partial charge >= 0.3 is 0 Å². The lowest BCUT2D eigenvalue weighted by Crippen LogP contribution is -2.24. The normalized spacial score (nSPS) is 13.6. The lowest BCUT2D eigenvalue weighted by atomic mass is 9.85. The van der Waals surface area contributed by atoms with Gasteiger partial charge in [0, 0.05) is 20.7 Å². The summed E-state index contributed by atoms with van der Waals surface area (Å²) < 4.78 is 27.1. The molecule has 0 N–H and O–H groups in total. The lowest BCUT2D eigenvalue weighted by molar-refractivity contribution is -0.121. The monoisotopic (exact) mass is 498 g/mol. The second kappa shape index (κ2) is 8.75. The van der Waals surface area contributed by atoms with Gasteiger partial charge in [-0.25, -0.2) is 8.78 Å². The molecule has 0 bridgehead atoms. The largest absolute Gasteiger partial charge is 0.298 e. The van der Waals surface area contributed by atoms with E-state index in [-0.39, 0.29) is 16.4 Å². The standard InChI is InChI=1S/C17H12Br2Cl2F2O/c18-7-13(11-5-9(22)1-3-15(11)20)17(24)14(8-19)12-6-10(23)2-4-16(12)21/h1-6,13-14H,7-8H2. The molecular weight excluding hydrogens is 489 g/mol. The SMILES string of the molecule is O=C(C(CBr)c1cc(F)ccc1Cl)C(CBr)c1cc(F)ccc1Cl. The van der Waals surface area contributed by atoms with E-state index in [2.05, 4.69) is 31.9 Å². The maximum atomic E-state index is 13.6. The van der Waals surface area contributed by atoms with E-state index in [0.717, 1.165) is 0 Å². The smallest absolute Gasteiger partial charge is 0.149 e. The second-order valence-electron chi connectivity index (χ2n) is 5.15. The highest BCUT2D eigenvalue weighted by Crippen LogP contribution is 2.35. The molecule has 7 heteroatoms. The van der Waals surface area contributed by atoms with E-state index >= 15 is 0 Å². The van der Waals surface area contributed by atoms with E-state index in [4.69, 9.17) is 23.2 Å². The van der Waals surface area contributed by atoms with Crippen LogP contribution in [0.2, 0.25) is 10.0 Å². The van der Waals surface area contributed by atoms with Crippen LogP contribution in [0.5, 0.6) is 0 Å². The molecule has 0 heterocycles. The fraction of sp³-hybridized carbons (Fsp3) is 0.235. The van der Waals surface area contributed by atoms with Crippen LogP contribution >= 0.6 is 55.1 Å². The Kier molecular flexibility index (Phi) is 7.23. The molecule has 2 atom stereocenters. The van der Waals surface area contributed by atoms with Crippen LogP contribution in [0.25, 0.3) is 0 Å². The number of halogens is 6. The van der Waals surface area contributed by atoms with Crippen LogP contribution in [0.15, 0.2) is 36.4 Å². The van der Waals surface area contributed by atoms with Gasteiger partial charge in [0.2, 0.25) is 0 Å². The highest BCUT2D eigenvalue weighted by Gasteiger charge is 2.31. The van der Waals surface area contributed by atoms with Gasteiger partial charge in [-0.1, -0.05) is 55.1 Å². The summed E-state index contributed by atoms with van der Waals surface area (Å²) in [6.45, 7) is 0. The zero-order valence-electron chi connectivity index (χ0n) is 12.2. The summed E-state index contributed by atoms with van der Waals surface area (Å²) in [5.74, 6) is -2.56. The Bertz CT molecular complexity index is 694. The fourth-order valence-corrected chi connectivity index (χ4v) is 4.27. The minimum Gasteiger partial charge on any atom is -0.298 e. The number of alkyl halides is 2. The molecule has 24 heavy (non-hydrogen) atoms. The maximum Gasteiger partial charge on any atom is 0.149 e. The van der Waals surface area contributed by atoms with Crippen molar-refractivity contribution in [2.24, 2.45) is 0 Å². The van der Waals surface area contributed by atoms with Crippen molar-refractivity contribution in [3.05, 3.63) is 69.2 Å². The molecule has 0 radical (unpaired) electrons. The Balaban J connectivity index is 2.45. The first-order chi connectivity index (χ1) is 11.4. The molecule has 2 rings (SSSR count). The summed E-state index contributed by atoms with van der Waals surface area (Å²) in [6.07, 6.45) is 0. The molecule has 0 spiro atoms. The predicted octanol–water partition coefficient (Wildman–Crippen LogP) is 6.50. The molecule has 0 fully saturated rings. The third kappa shape index (κ3) is 4.37. The molecule has 0 aliphatic rings. The predicted molar refractivity (Wildman–Crippen MR) is 101 cm³/mol. The van der Waals surface area contributed by atoms with Gasteiger partial charge in [0.1, 0.15) is 17.4 Å². The van der Waals surface area contributed by atoms with Crippen LogP contribution in [0.1, 0.15) is 23.0 Å². The van der Waals surface area contributed by atoms with Crippen molar-refractivity contribution in [3.8, 4) is 0 Å². The number of ketones is 1. The third-order valence-electron chi connectivity index (χ3n) is 3.66. The van der Waals surface area contributed by atoms with Crippen LogP contribution in [0, 0.1) is 11.6 Å². The molecule has 0 aliphatic carbocycles. The van der Waals surface area contributed by atoms with Crippen molar-refractivity contribution in [3.63, 3.8) is 0 Å². The van der Waals surface area contributed by atoms with E-state index in [1.54, 1.807) is 0 Å². The Morgan fingerprint density at radius 1 is 0.875 bits per heavy atom. The summed E-state index contributed by atoms with van der Waals surface area (Å²) in [5.41, 5.74) is 0.772. The van der Waals surface area contributed by atoms with Crippen LogP contribution in [0.3, 0.4) is 0 Å². The van der Waals surface area contributed by atoms with Crippen molar-refractivity contribution >= 4 is 60.8 Å². The number of hydrogen-bond acceptors (Lipinski definition) is 1. The summed E-state index contributed by atoms with van der Waals surface area (Å²) in [7, 11) is 0. The van der Waals surface area contributed by atoms with Crippen LogP contribution < -0.4 is 0 Å². The van der Waals surface area contributed by atoms with Crippen LogP contribution in [0.4, 0.5) is 8.78 Å². The van der Waals surface area contributed by atoms with Gasteiger partial charge in [-0.15, -0.1) is 0 Å². The third-order valence-corrected chi connectivity index (χ3v) is 5.65. The highest BCUT2D eigenvalue weighted by molar-refractivity contribution is 9.09. The summed E-state index contributed by atoms with van der Waals surface area (Å²) >= 11 is 18.8. The van der Waals surface area contributed by atoms with E-state index in [1.165, 1.54) is 36.4 Å². The van der Waals surface area contributed by atoms with E-state index in [9.17, 15) is 13.6 Å². The van der Waals surface area contributed by atoms with E-state index in [1.807, 2.05) is 0 Å². The van der Waals surface area contributed by atoms with Gasteiger partial charge < -0.3 is 0 Å². The number of Topliss-reactive ketones (excluding diaryl/α,β-unsaturated/α-hetero) is 1. The molecule has 2 aromatic rings. The number of rotatable bonds is 6. The molecule has 0 amide bonds. The molecule has 0 saturated heterocycles. The quantitative estimate of drug-likeness (QED) is 0.414. The first-order valence-electron chi connectivity index (χ1n) is 6.94. The average molecular weight is 501 g/mol. The zero-order valence-corrected chi connectivity index (χ0v) is 16.9. The molecule has 128 valence electrons. The van der Waals surface area contributed by atoms with Gasteiger partial charge in [0.25, 0.3) is 0 Å². The Labute approximate surface area is 165 Å². The second-order valence-corrected chi connectivity index (χ2v) is 7.26. The van der Waals surface area contributed by atoms with Crippen LogP contribution in [-0.4, -0.2) is 16.4 Å². The van der Waals surface area contributed by atoms with Crippen molar-refractivity contribution < 1.29 is 13.6 Å². The Hall–Kier alpha value is -0.490. The number of carbonyl (C=O) groups is 1. The van der Waals surface area contributed by atoms with Gasteiger partial charge in [0.05, 0.1) is 11.8 Å². The molecule has 0 aromatic heterocycles. The number of benzene rings is 2. The van der Waals surface area contributed by atoms with E-state index in [0.29, 0.717) is 21.2 Å². The average Bonchev–Trinajstić information content (AvgIpc) is 2.55. The first-order valence-corrected chi connectivity index (χ1v) is 9.94. The van der Waals surface area contributed by atoms with Crippen molar-refractivity contribution in [1.82, 2.24) is 0 Å². The molecule has 0 saturated carbocycles. The molecule has 1 nitrogen and oxygen atoms in total. The van der Waals surface area contributed by atoms with Crippen LogP contribution in [-0.2, 0) is 4.79 Å². The topological polar surface area (TPSA) is 17.1 Å². The highest BCUT2D eigenvalue weighted by atomic mass is 79.9. The molecule has 0 aliphatic heterocycles. The van der Waals surface area contributed by atoms with Gasteiger partial charge in [0.15, 0.2) is 0 Å². The maximum absolute atomic E-state index is 13.6. The first kappa shape index (κ1) is 19.8. The molecule has 2 aromatic carbocycles. The van der Waals surface area contributed by atoms with Gasteiger partial charge in [-0.2, -0.15) is 0 Å². The fourth-order valence-electron chi connectivity index (χ4n) is 2.43. The molecular formula is C17H12Br2Cl2F2O. The van der Waals surface area contributed by atoms with Crippen molar-refractivity contribution in [1.29, 1.82) is 0 Å². The number of hydrogen-bond donors (Lipinski definition) is 0.